The van der Waals surface area contributed by atoms with Crippen LogP contribution in [0, 0.1) is 0 Å². The quantitative estimate of drug-likeness (QED) is 0.485. The van der Waals surface area contributed by atoms with Crippen LogP contribution < -0.4 is 5.32 Å². The molecule has 6 heteroatoms. The second-order valence-corrected chi connectivity index (χ2v) is 7.78. The highest BCUT2D eigenvalue weighted by Gasteiger charge is 2.17. The van der Waals surface area contributed by atoms with E-state index in [2.05, 4.69) is 26.2 Å². The Balaban J connectivity index is 2.03. The highest BCUT2D eigenvalue weighted by atomic mass is 79.9. The van der Waals surface area contributed by atoms with E-state index in [4.69, 9.17) is 4.98 Å². The number of benzene rings is 2. The summed E-state index contributed by atoms with van der Waals surface area (Å²) in [7, 11) is 0. The van der Waals surface area contributed by atoms with Gasteiger partial charge in [-0.2, -0.15) is 0 Å². The zero-order valence-corrected chi connectivity index (χ0v) is 16.4. The molecule has 0 spiro atoms. The Labute approximate surface area is 159 Å². The Morgan fingerprint density at radius 3 is 2.60 bits per heavy atom. The van der Waals surface area contributed by atoms with Crippen molar-refractivity contribution in [3.63, 3.8) is 0 Å². The van der Waals surface area contributed by atoms with E-state index in [1.807, 2.05) is 62.4 Å². The van der Waals surface area contributed by atoms with Crippen molar-refractivity contribution in [1.29, 1.82) is 0 Å². The smallest absolute Gasteiger partial charge is 0.233 e. The molecule has 128 valence electrons. The lowest BCUT2D eigenvalue weighted by Crippen LogP contribution is -2.30. The van der Waals surface area contributed by atoms with Gasteiger partial charge in [-0.15, -0.1) is 0 Å². The predicted molar refractivity (Wildman–Crippen MR) is 107 cm³/mol. The van der Waals surface area contributed by atoms with Crippen LogP contribution in [0.2, 0.25) is 0 Å². The Morgan fingerprint density at radius 1 is 1.16 bits per heavy atom. The molecular weight excluding hydrogens is 398 g/mol. The number of hydrogen-bond acceptors (Lipinski definition) is 4. The van der Waals surface area contributed by atoms with Gasteiger partial charge in [0.1, 0.15) is 5.03 Å². The average Bonchev–Trinajstić information content (AvgIpc) is 2.62. The van der Waals surface area contributed by atoms with E-state index in [9.17, 15) is 4.79 Å². The number of aromatic nitrogens is 2. The van der Waals surface area contributed by atoms with Crippen LogP contribution >= 0.6 is 27.7 Å². The third kappa shape index (κ3) is 4.19. The van der Waals surface area contributed by atoms with Gasteiger partial charge in [-0.3, -0.25) is 4.79 Å². The molecule has 1 atom stereocenters. The number of carbonyl (C=O) groups is 1. The van der Waals surface area contributed by atoms with Gasteiger partial charge < -0.3 is 5.32 Å². The maximum atomic E-state index is 12.1. The molecule has 4 nitrogen and oxygen atoms in total. The fourth-order valence-corrected chi connectivity index (χ4v) is 3.63. The van der Waals surface area contributed by atoms with Crippen molar-refractivity contribution in [1.82, 2.24) is 15.3 Å². The van der Waals surface area contributed by atoms with Crippen molar-refractivity contribution in [2.24, 2.45) is 0 Å². The molecular formula is C19H18BrN3OS. The van der Waals surface area contributed by atoms with Gasteiger partial charge in [0, 0.05) is 22.0 Å². The number of rotatable bonds is 5. The number of thioether (sulfide) groups is 1. The van der Waals surface area contributed by atoms with E-state index >= 15 is 0 Å². The first-order valence-electron chi connectivity index (χ1n) is 8.05. The van der Waals surface area contributed by atoms with Crippen LogP contribution in [-0.4, -0.2) is 27.7 Å². The van der Waals surface area contributed by atoms with E-state index in [0.29, 0.717) is 12.4 Å². The van der Waals surface area contributed by atoms with Crippen LogP contribution in [0.3, 0.4) is 0 Å². The van der Waals surface area contributed by atoms with Crippen LogP contribution in [0.1, 0.15) is 13.8 Å². The molecule has 0 radical (unpaired) electrons. The van der Waals surface area contributed by atoms with Gasteiger partial charge in [-0.05, 0) is 32.0 Å². The van der Waals surface area contributed by atoms with Gasteiger partial charge in [-0.1, -0.05) is 58.0 Å². The van der Waals surface area contributed by atoms with Crippen molar-refractivity contribution in [2.75, 3.05) is 6.54 Å². The molecule has 25 heavy (non-hydrogen) atoms. The molecule has 0 aliphatic rings. The summed E-state index contributed by atoms with van der Waals surface area (Å²) in [6.07, 6.45) is 0. The molecule has 0 aliphatic heterocycles. The molecule has 3 aromatic rings. The maximum absolute atomic E-state index is 12.1. The average molecular weight is 416 g/mol. The number of halogens is 1. The molecule has 1 heterocycles. The number of amides is 1. The zero-order valence-electron chi connectivity index (χ0n) is 14.0. The predicted octanol–water partition coefficient (Wildman–Crippen LogP) is 4.68. The van der Waals surface area contributed by atoms with Crippen molar-refractivity contribution in [2.45, 2.75) is 24.1 Å². The normalized spacial score (nSPS) is 12.1. The molecule has 1 amide bonds. The molecule has 0 fully saturated rings. The fraction of sp³-hybridized carbons (Fsp3) is 0.211. The first-order chi connectivity index (χ1) is 12.1. The minimum Gasteiger partial charge on any atom is -0.355 e. The number of hydrogen-bond donors (Lipinski definition) is 1. The molecule has 0 saturated heterocycles. The lowest BCUT2D eigenvalue weighted by Gasteiger charge is -2.13. The van der Waals surface area contributed by atoms with Crippen molar-refractivity contribution in [3.8, 4) is 11.4 Å². The number of carbonyl (C=O) groups excluding carboxylic acids is 1. The van der Waals surface area contributed by atoms with E-state index in [0.717, 1.165) is 26.0 Å². The Morgan fingerprint density at radius 2 is 1.88 bits per heavy atom. The van der Waals surface area contributed by atoms with E-state index in [-0.39, 0.29) is 11.2 Å². The van der Waals surface area contributed by atoms with Gasteiger partial charge in [-0.25, -0.2) is 9.97 Å². The standard InChI is InChI=1S/C19H18BrN3OS/c1-3-21-18(24)12(2)25-19-15-6-4-5-7-16(15)22-17(23-19)13-8-10-14(20)11-9-13/h4-12H,3H2,1-2H3,(H,21,24)/t12-/m0/s1. The molecule has 0 aliphatic carbocycles. The topological polar surface area (TPSA) is 54.9 Å². The fourth-order valence-electron chi connectivity index (χ4n) is 2.40. The van der Waals surface area contributed by atoms with Gasteiger partial charge >= 0.3 is 0 Å². The highest BCUT2D eigenvalue weighted by Crippen LogP contribution is 2.31. The lowest BCUT2D eigenvalue weighted by atomic mass is 10.2. The summed E-state index contributed by atoms with van der Waals surface area (Å²) in [5, 5.41) is 4.42. The molecule has 2 aromatic carbocycles. The third-order valence-corrected chi connectivity index (χ3v) is 5.31. The van der Waals surface area contributed by atoms with Gasteiger partial charge in [0.25, 0.3) is 0 Å². The first-order valence-corrected chi connectivity index (χ1v) is 9.73. The monoisotopic (exact) mass is 415 g/mol. The zero-order chi connectivity index (χ0) is 17.8. The number of nitrogens with one attached hydrogen (secondary N) is 1. The number of para-hydroxylation sites is 1. The third-order valence-electron chi connectivity index (χ3n) is 3.68. The minimum atomic E-state index is -0.226. The van der Waals surface area contributed by atoms with Gasteiger partial charge in [0.15, 0.2) is 5.82 Å². The van der Waals surface area contributed by atoms with Gasteiger partial charge in [0.05, 0.1) is 10.8 Å². The molecule has 1 aromatic heterocycles. The van der Waals surface area contributed by atoms with Crippen LogP contribution in [0.15, 0.2) is 58.0 Å². The second-order valence-electron chi connectivity index (χ2n) is 5.53. The van der Waals surface area contributed by atoms with Crippen LogP contribution in [0.5, 0.6) is 0 Å². The van der Waals surface area contributed by atoms with Crippen molar-refractivity contribution in [3.05, 3.63) is 53.0 Å². The summed E-state index contributed by atoms with van der Waals surface area (Å²) in [6, 6.07) is 15.8. The summed E-state index contributed by atoms with van der Waals surface area (Å²) < 4.78 is 1.01. The number of nitrogens with zero attached hydrogens (tertiary/aromatic N) is 2. The van der Waals surface area contributed by atoms with Crippen LogP contribution in [0.4, 0.5) is 0 Å². The Hall–Kier alpha value is -1.92. The minimum absolute atomic E-state index is 0.0142. The summed E-state index contributed by atoms with van der Waals surface area (Å²) in [5.74, 6) is 0.678. The Bertz CT molecular complexity index is 899. The van der Waals surface area contributed by atoms with Crippen LogP contribution in [-0.2, 0) is 4.79 Å². The maximum Gasteiger partial charge on any atom is 0.233 e. The summed E-state index contributed by atoms with van der Waals surface area (Å²) >= 11 is 4.91. The van der Waals surface area contributed by atoms with E-state index in [1.54, 1.807) is 0 Å². The Kier molecular flexibility index (Phi) is 5.71. The summed E-state index contributed by atoms with van der Waals surface area (Å²) in [5.41, 5.74) is 1.82. The molecule has 0 bridgehead atoms. The van der Waals surface area contributed by atoms with E-state index in [1.165, 1.54) is 11.8 Å². The highest BCUT2D eigenvalue weighted by molar-refractivity contribution is 9.10. The van der Waals surface area contributed by atoms with E-state index < -0.39 is 0 Å². The number of fused-ring (bicyclic) bond motifs is 1. The van der Waals surface area contributed by atoms with Crippen LogP contribution in [0.25, 0.3) is 22.3 Å². The molecule has 0 saturated carbocycles. The summed E-state index contributed by atoms with van der Waals surface area (Å²) in [4.78, 5) is 21.5. The summed E-state index contributed by atoms with van der Waals surface area (Å²) in [6.45, 7) is 4.44. The van der Waals surface area contributed by atoms with Gasteiger partial charge in [0.2, 0.25) is 5.91 Å². The molecule has 0 unspecified atom stereocenters. The van der Waals surface area contributed by atoms with Crippen molar-refractivity contribution < 1.29 is 4.79 Å². The largest absolute Gasteiger partial charge is 0.355 e. The van der Waals surface area contributed by atoms with Crippen molar-refractivity contribution >= 4 is 44.5 Å². The second kappa shape index (κ2) is 7.97. The lowest BCUT2D eigenvalue weighted by molar-refractivity contribution is -0.120. The first kappa shape index (κ1) is 17.9. The molecule has 3 rings (SSSR count). The SMILES string of the molecule is CCNC(=O)[C@H](C)Sc1nc(-c2ccc(Br)cc2)nc2ccccc12. The molecule has 1 N–H and O–H groups in total.